The van der Waals surface area contributed by atoms with Gasteiger partial charge >= 0.3 is 11.9 Å². The van der Waals surface area contributed by atoms with Crippen molar-refractivity contribution in [2.75, 3.05) is 132 Å². The van der Waals surface area contributed by atoms with Crippen molar-refractivity contribution in [3.05, 3.63) is 16.1 Å². The van der Waals surface area contributed by atoms with Crippen molar-refractivity contribution in [2.45, 2.75) is 303 Å². The van der Waals surface area contributed by atoms with Gasteiger partial charge in [-0.3, -0.25) is 52.7 Å². The third-order valence-electron chi connectivity index (χ3n) is 25.3. The van der Waals surface area contributed by atoms with E-state index in [0.29, 0.717) is 76.2 Å². The van der Waals surface area contributed by atoms with Gasteiger partial charge in [0.2, 0.25) is 59.1 Å². The fourth-order valence-corrected chi connectivity index (χ4v) is 18.1. The lowest BCUT2D eigenvalue weighted by Crippen LogP contribution is -2.76. The Hall–Kier alpha value is -7.82. The number of unbranched alkanes of at least 4 members (excludes halogenated alkanes) is 3. The highest BCUT2D eigenvalue weighted by Gasteiger charge is 2.87. The van der Waals surface area contributed by atoms with Gasteiger partial charge in [0.15, 0.2) is 25.0 Å². The standard InChI is InChI=1S/C85H139N11O35/c1-48(2)84(96-118)39-58-85(131-58)81(6)26-22-52-53(43-125-76(52)117)54(81)44-126-82(85,7)80(84)130-66(110)21-20-65(109)95-83(45-119-36-23-62(106)89-30-14-27-86-59(103)17-8-11-33-122-77-67(92-49(3)100)73(114)70(111)55(40-97)127-77,46-120-37-24-63(107)90-31-15-28-87-60(104)18-9-12-34-123-78-68(93-50(4)101)74(115)71(112)56(41-98)128-78)47-121-38-25-64(108)91-32-16-29-88-61(105)19-10-13-35-124-79-69(94-51(5)102)75(116)72(113)57(42-99)129-79/h48,54-58,67-75,77-80,97-99,111-116H,8-47H2,1-7H3,(H,86,103)(H,87,104)(H,88,105)(H,89,106)(H,90,107)(H,91,108)(H,92,100)(H,93,101)(H,94,102)(H,95,109)/t54?,55-,56-,57-,58+,67-,68-,69-,70+,71+,72+,73-,74-,75-,77-,78-,79-,80+,81+,82-,84-,85-/m1/s1. The molecule has 19 N–H and O–H groups in total. The fourth-order valence-electron chi connectivity index (χ4n) is 18.1. The molecule has 131 heavy (non-hydrogen) atoms. The second kappa shape index (κ2) is 52.3. The van der Waals surface area contributed by atoms with Gasteiger partial charge in [-0.2, -0.15) is 4.91 Å². The molecule has 8 rings (SSSR count). The Labute approximate surface area is 759 Å². The summed E-state index contributed by atoms with van der Waals surface area (Å²) in [7, 11) is 0. The molecule has 0 aromatic heterocycles. The zero-order valence-corrected chi connectivity index (χ0v) is 75.8. The number of nitrogens with one attached hydrogen (secondary N) is 10. The largest absolute Gasteiger partial charge is 0.458 e. The Morgan fingerprint density at radius 3 is 1.21 bits per heavy atom. The van der Waals surface area contributed by atoms with Gasteiger partial charge in [0.05, 0.1) is 78.6 Å². The molecule has 2 aliphatic carbocycles. The van der Waals surface area contributed by atoms with Crippen LogP contribution in [0.2, 0.25) is 0 Å². The number of carbonyl (C=O) groups is 12. The Bertz CT molecular complexity index is 3570. The Kier molecular flexibility index (Phi) is 43.3. The highest BCUT2D eigenvalue weighted by Crippen LogP contribution is 2.74. The van der Waals surface area contributed by atoms with Crippen LogP contribution in [0.15, 0.2) is 16.3 Å². The van der Waals surface area contributed by atoms with E-state index < -0.39 is 238 Å². The highest BCUT2D eigenvalue weighted by molar-refractivity contribution is 5.92. The summed E-state index contributed by atoms with van der Waals surface area (Å²) in [5, 5.41) is 122. The molecule has 1 unspecified atom stereocenters. The van der Waals surface area contributed by atoms with E-state index in [1.54, 1.807) is 20.8 Å². The van der Waals surface area contributed by atoms with Crippen molar-refractivity contribution < 1.29 is 165 Å². The van der Waals surface area contributed by atoms with Crippen molar-refractivity contribution in [3.8, 4) is 0 Å². The number of nitrogens with zero attached hydrogens (tertiary/aromatic N) is 1. The number of cyclic esters (lactones) is 1. The number of hydrogen-bond acceptors (Lipinski definition) is 36. The number of ether oxygens (including phenoxy) is 13. The number of amides is 10. The van der Waals surface area contributed by atoms with Crippen LogP contribution in [0, 0.1) is 22.2 Å². The van der Waals surface area contributed by atoms with Crippen LogP contribution in [0.1, 0.15) is 177 Å². The van der Waals surface area contributed by atoms with Gasteiger partial charge in [-0.25, -0.2) is 4.79 Å². The van der Waals surface area contributed by atoms with Crippen molar-refractivity contribution in [1.82, 2.24) is 53.2 Å². The van der Waals surface area contributed by atoms with E-state index >= 15 is 0 Å². The SMILES string of the molecule is CC(=O)N[C@H]1[C@H](OCCCCC(=O)NCCCNC(=O)CCOCC(COCCC(=O)NCCCNC(=O)CCCCO[C@@H]2O[C@H](CO)[C@H](O)[C@H](O)[C@H]2NC(C)=O)(COCCC(=O)NCCCNC(=O)CCCCO[C@@H]2O[C@H](CO)[C@H](O)[C@H](O)[C@H]2NC(C)=O)NC(=O)CCC(=O)O[C@@H]2[C@](N=O)(C(C)C)C[C@@H]3O[C@@]34[C@@]3(C)CCC5=C(COC5=O)C3CO[C@]24C)O[C@H](CO)[C@H](O)[C@@H]1O. The predicted molar refractivity (Wildman–Crippen MR) is 452 cm³/mol. The van der Waals surface area contributed by atoms with Gasteiger partial charge < -0.3 is 161 Å². The van der Waals surface area contributed by atoms with Crippen molar-refractivity contribution in [3.63, 3.8) is 0 Å². The summed E-state index contributed by atoms with van der Waals surface area (Å²) in [4.78, 5) is 169. The third kappa shape index (κ3) is 29.6. The third-order valence-corrected chi connectivity index (χ3v) is 25.3. The maximum absolute atomic E-state index is 14.7. The molecular weight excluding hydrogens is 1730 g/mol. The Morgan fingerprint density at radius 1 is 0.489 bits per heavy atom. The number of rotatable bonds is 58. The van der Waals surface area contributed by atoms with Gasteiger partial charge in [-0.05, 0) is 89.0 Å². The van der Waals surface area contributed by atoms with Gasteiger partial charge in [-0.1, -0.05) is 25.9 Å². The maximum Gasteiger partial charge on any atom is 0.334 e. The van der Waals surface area contributed by atoms with Gasteiger partial charge in [-0.15, -0.1) is 0 Å². The summed E-state index contributed by atoms with van der Waals surface area (Å²) in [6.45, 7) is 8.38. The van der Waals surface area contributed by atoms with Gasteiger partial charge in [0, 0.05) is 148 Å². The molecule has 1 saturated carbocycles. The number of aliphatic hydroxyl groups excluding tert-OH is 9. The molecule has 1 spiro atoms. The number of nitroso groups, excluding NO2 is 1. The number of epoxide rings is 1. The van der Waals surface area contributed by atoms with Crippen LogP contribution in [0.25, 0.3) is 0 Å². The molecule has 46 nitrogen and oxygen atoms in total. The minimum Gasteiger partial charge on any atom is -0.458 e. The van der Waals surface area contributed by atoms with Crippen LogP contribution in [0.4, 0.5) is 0 Å². The molecule has 0 aromatic rings. The molecule has 8 aliphatic rings. The van der Waals surface area contributed by atoms with E-state index in [-0.39, 0.29) is 167 Å². The molecule has 6 heterocycles. The summed E-state index contributed by atoms with van der Waals surface area (Å²) in [6, 6.07) is -3.37. The number of hydrogen-bond donors (Lipinski definition) is 19. The molecule has 0 bridgehead atoms. The monoisotopic (exact) mass is 1870 g/mol. The van der Waals surface area contributed by atoms with Crippen LogP contribution < -0.4 is 53.2 Å². The van der Waals surface area contributed by atoms with E-state index in [1.165, 1.54) is 20.8 Å². The summed E-state index contributed by atoms with van der Waals surface area (Å²) in [6.07, 6.45) is -15.2. The second-order valence-electron chi connectivity index (χ2n) is 35.3. The summed E-state index contributed by atoms with van der Waals surface area (Å²) >= 11 is 0. The zero-order chi connectivity index (χ0) is 95.8. The minimum absolute atomic E-state index is 0.0454. The zero-order valence-electron chi connectivity index (χ0n) is 75.8. The average Bonchev–Trinajstić information content (AvgIpc) is 1.46. The molecule has 0 radical (unpaired) electrons. The molecule has 6 fully saturated rings. The predicted octanol–water partition coefficient (Wildman–Crippen LogP) is -5.23. The van der Waals surface area contributed by atoms with E-state index in [2.05, 4.69) is 65.3 Å². The van der Waals surface area contributed by atoms with Gasteiger partial charge in [0.25, 0.3) is 0 Å². The number of aliphatic hydroxyl groups is 9. The van der Waals surface area contributed by atoms with Crippen LogP contribution in [-0.2, 0) is 119 Å². The highest BCUT2D eigenvalue weighted by atomic mass is 16.7. The van der Waals surface area contributed by atoms with E-state index in [1.807, 2.05) is 0 Å². The first-order valence-electron chi connectivity index (χ1n) is 45.4. The number of esters is 2. The summed E-state index contributed by atoms with van der Waals surface area (Å²) < 4.78 is 77.8. The molecule has 744 valence electrons. The topological polar surface area (TPSA) is 660 Å². The van der Waals surface area contributed by atoms with Crippen molar-refractivity contribution >= 4 is 71.0 Å². The quantitative estimate of drug-likeness (QED) is 0.0117. The molecule has 5 saturated heterocycles. The normalized spacial score (nSPS) is 30.6. The lowest BCUT2D eigenvalue weighted by molar-refractivity contribution is -0.270. The lowest BCUT2D eigenvalue weighted by Gasteiger charge is -2.62. The summed E-state index contributed by atoms with van der Waals surface area (Å²) in [5.74, 6) is -6.64. The minimum atomic E-state index is -1.70. The fraction of sp³-hybridized carbons (Fsp3) is 0.835. The Balaban J connectivity index is 0.865. The van der Waals surface area contributed by atoms with Crippen LogP contribution in [0.3, 0.4) is 0 Å². The molecule has 22 atom stereocenters. The second-order valence-corrected chi connectivity index (χ2v) is 35.3. The van der Waals surface area contributed by atoms with Crippen LogP contribution in [0.5, 0.6) is 0 Å². The first-order chi connectivity index (χ1) is 62.5. The maximum atomic E-state index is 14.7. The first kappa shape index (κ1) is 109. The van der Waals surface area contributed by atoms with E-state index in [4.69, 9.17) is 61.6 Å². The van der Waals surface area contributed by atoms with Crippen LogP contribution >= 0.6 is 0 Å². The first-order valence-corrected chi connectivity index (χ1v) is 45.4. The smallest absolute Gasteiger partial charge is 0.334 e. The molecule has 6 aliphatic heterocycles. The van der Waals surface area contributed by atoms with E-state index in [0.717, 1.165) is 5.57 Å². The molecule has 46 heteroatoms. The molecular formula is C85H139N11O35. The summed E-state index contributed by atoms with van der Waals surface area (Å²) in [5.41, 5.74) is -5.07. The Morgan fingerprint density at radius 2 is 0.863 bits per heavy atom. The number of carbonyl (C=O) groups excluding carboxylic acids is 12. The molecule has 10 amide bonds. The average molecular weight is 1880 g/mol. The lowest BCUT2D eigenvalue weighted by atomic mass is 9.48. The van der Waals surface area contributed by atoms with E-state index in [9.17, 15) is 108 Å². The van der Waals surface area contributed by atoms with Gasteiger partial charge in [0.1, 0.15) is 102 Å². The molecule has 0 aromatic carbocycles. The number of fused-ring (bicyclic) bond motifs is 2. The van der Waals surface area contributed by atoms with Crippen molar-refractivity contribution in [1.29, 1.82) is 0 Å². The van der Waals surface area contributed by atoms with Crippen LogP contribution in [-0.4, -0.2) is 375 Å². The van der Waals surface area contributed by atoms with Crippen molar-refractivity contribution in [2.24, 2.45) is 22.4 Å².